The highest BCUT2D eigenvalue weighted by Gasteiger charge is 2.24. The molecule has 0 bridgehead atoms. The molecule has 3 unspecified atom stereocenters. The highest BCUT2D eigenvalue weighted by molar-refractivity contribution is 7.45. The Labute approximate surface area is 393 Å². The third-order valence-corrected chi connectivity index (χ3v) is 14.1. The molecule has 0 radical (unpaired) electrons. The van der Waals surface area contributed by atoms with Gasteiger partial charge in [0.2, 0.25) is 5.91 Å². The zero-order valence-electron chi connectivity index (χ0n) is 43.1. The van der Waals surface area contributed by atoms with Crippen LogP contribution in [0.5, 0.6) is 0 Å². The van der Waals surface area contributed by atoms with E-state index in [-0.39, 0.29) is 19.1 Å². The van der Waals surface area contributed by atoms with Crippen LogP contribution in [0.3, 0.4) is 0 Å². The van der Waals surface area contributed by atoms with Crippen molar-refractivity contribution < 1.29 is 32.9 Å². The van der Waals surface area contributed by atoms with Crippen LogP contribution in [0.4, 0.5) is 0 Å². The number of carbonyl (C=O) groups is 1. The summed E-state index contributed by atoms with van der Waals surface area (Å²) in [6.07, 6.45) is 54.3. The summed E-state index contributed by atoms with van der Waals surface area (Å²) in [5.41, 5.74) is 0. The van der Waals surface area contributed by atoms with E-state index in [0.29, 0.717) is 23.9 Å². The number of likely N-dealkylation sites (N-methyl/N-ethyl adjacent to an activating group) is 1. The summed E-state index contributed by atoms with van der Waals surface area (Å²) in [5, 5.41) is 14.0. The summed E-state index contributed by atoms with van der Waals surface area (Å²) < 4.78 is 23.3. The van der Waals surface area contributed by atoms with Crippen LogP contribution < -0.4 is 10.2 Å². The summed E-state index contributed by atoms with van der Waals surface area (Å²) in [4.78, 5) is 25.4. The molecule has 378 valence electrons. The van der Waals surface area contributed by atoms with Gasteiger partial charge in [0.25, 0.3) is 7.82 Å². The number of nitrogens with one attached hydrogen (secondary N) is 1. The maximum absolute atomic E-state index is 12.9. The monoisotopic (exact) mass is 915 g/mol. The largest absolute Gasteiger partial charge is 0.756 e. The summed E-state index contributed by atoms with van der Waals surface area (Å²) in [6.45, 7) is 4.75. The number of hydrogen-bond acceptors (Lipinski definition) is 6. The van der Waals surface area contributed by atoms with Gasteiger partial charge in [-0.25, -0.2) is 0 Å². The van der Waals surface area contributed by atoms with Crippen LogP contribution in [0.25, 0.3) is 0 Å². The molecule has 1 amide bonds. The van der Waals surface area contributed by atoms with Crippen molar-refractivity contribution in [3.63, 3.8) is 0 Å². The Kier molecular flexibility index (Phi) is 46.2. The Hall–Kier alpha value is -0.500. The van der Waals surface area contributed by atoms with Gasteiger partial charge in [0.05, 0.1) is 39.9 Å². The topological polar surface area (TPSA) is 108 Å². The summed E-state index contributed by atoms with van der Waals surface area (Å²) in [5.74, 6) is -0.161. The highest BCUT2D eigenvalue weighted by atomic mass is 31.2. The van der Waals surface area contributed by atoms with Crippen molar-refractivity contribution in [2.24, 2.45) is 0 Å². The number of aliphatic hydroxyl groups is 1. The molecule has 2 N–H and O–H groups in total. The Bertz CT molecular complexity index is 994. The molecule has 0 aromatic rings. The van der Waals surface area contributed by atoms with Crippen molar-refractivity contribution in [3.05, 3.63) is 0 Å². The lowest BCUT2D eigenvalue weighted by Crippen LogP contribution is -2.46. The lowest BCUT2D eigenvalue weighted by molar-refractivity contribution is -0.870. The van der Waals surface area contributed by atoms with E-state index in [2.05, 4.69) is 19.2 Å². The van der Waals surface area contributed by atoms with Crippen molar-refractivity contribution in [3.8, 4) is 0 Å². The van der Waals surface area contributed by atoms with Crippen molar-refractivity contribution in [1.29, 1.82) is 0 Å². The molecule has 0 saturated carbocycles. The van der Waals surface area contributed by atoms with Crippen LogP contribution in [0, 0.1) is 0 Å². The van der Waals surface area contributed by atoms with Gasteiger partial charge >= 0.3 is 0 Å². The van der Waals surface area contributed by atoms with Crippen LogP contribution in [-0.4, -0.2) is 68.5 Å². The molecule has 0 aliphatic rings. The molecular weight excluding hydrogens is 804 g/mol. The first-order valence-corrected chi connectivity index (χ1v) is 29.3. The van der Waals surface area contributed by atoms with Crippen LogP contribution in [0.2, 0.25) is 0 Å². The fraction of sp³-hybridized carbons (Fsp3) is 0.981. The van der Waals surface area contributed by atoms with Gasteiger partial charge in [0.1, 0.15) is 13.2 Å². The molecule has 3 atom stereocenters. The molecule has 0 spiro atoms. The third-order valence-electron chi connectivity index (χ3n) is 13.1. The molecule has 0 saturated heterocycles. The minimum atomic E-state index is -4.56. The number of quaternary nitrogens is 1. The predicted octanol–water partition coefficient (Wildman–Crippen LogP) is 15.9. The van der Waals surface area contributed by atoms with E-state index in [1.165, 1.54) is 225 Å². The molecule has 0 aliphatic carbocycles. The van der Waals surface area contributed by atoms with Crippen molar-refractivity contribution >= 4 is 13.7 Å². The van der Waals surface area contributed by atoms with E-state index in [9.17, 15) is 19.4 Å². The molecule has 9 heteroatoms. The van der Waals surface area contributed by atoms with E-state index < -0.39 is 20.0 Å². The van der Waals surface area contributed by atoms with Gasteiger partial charge < -0.3 is 28.8 Å². The van der Waals surface area contributed by atoms with Gasteiger partial charge in [-0.05, 0) is 12.8 Å². The van der Waals surface area contributed by atoms with E-state index in [1.807, 2.05) is 21.1 Å². The number of amides is 1. The second kappa shape index (κ2) is 46.6. The molecule has 8 nitrogen and oxygen atoms in total. The Morgan fingerprint density at radius 3 is 1.08 bits per heavy atom. The Balaban J connectivity index is 3.97. The lowest BCUT2D eigenvalue weighted by Gasteiger charge is -2.30. The van der Waals surface area contributed by atoms with Crippen LogP contribution in [-0.2, 0) is 18.4 Å². The smallest absolute Gasteiger partial charge is 0.268 e. The number of unbranched alkanes of at least 4 members (excludes halogenated alkanes) is 39. The Morgan fingerprint density at radius 2 is 0.778 bits per heavy atom. The summed E-state index contributed by atoms with van der Waals surface area (Å²) >= 11 is 0. The third kappa shape index (κ3) is 49.2. The molecule has 0 heterocycles. The number of nitrogens with zero attached hydrogens (tertiary/aromatic N) is 1. The van der Waals surface area contributed by atoms with E-state index >= 15 is 0 Å². The fourth-order valence-electron chi connectivity index (χ4n) is 8.69. The van der Waals surface area contributed by atoms with E-state index in [4.69, 9.17) is 9.05 Å². The predicted molar refractivity (Wildman–Crippen MR) is 270 cm³/mol. The average Bonchev–Trinajstić information content (AvgIpc) is 3.24. The molecule has 0 rings (SSSR count). The summed E-state index contributed by atoms with van der Waals surface area (Å²) in [7, 11) is 1.32. The van der Waals surface area contributed by atoms with Crippen molar-refractivity contribution in [2.75, 3.05) is 40.9 Å². The molecule has 0 fully saturated rings. The zero-order chi connectivity index (χ0) is 46.4. The lowest BCUT2D eigenvalue weighted by atomic mass is 10.0. The molecule has 0 aromatic heterocycles. The van der Waals surface area contributed by atoms with Crippen molar-refractivity contribution in [1.82, 2.24) is 5.32 Å². The molecular formula is C54H111N2O6P. The second-order valence-corrected chi connectivity index (χ2v) is 22.1. The van der Waals surface area contributed by atoms with Gasteiger partial charge in [-0.1, -0.05) is 271 Å². The van der Waals surface area contributed by atoms with E-state index in [1.54, 1.807) is 0 Å². The zero-order valence-corrected chi connectivity index (χ0v) is 44.0. The van der Waals surface area contributed by atoms with Gasteiger partial charge in [0.15, 0.2) is 0 Å². The number of rotatable bonds is 52. The SMILES string of the molecule is CCCCCCCCCCCCCCCCCCCCCCCCCCCCCCCCC(O)C(COP(=O)([O-])OCC[N+](C)(C)C)NC(=O)CCCCCCCCCCCCC. The average molecular weight is 915 g/mol. The van der Waals surface area contributed by atoms with E-state index in [0.717, 1.165) is 38.5 Å². The molecule has 0 aliphatic heterocycles. The summed E-state index contributed by atoms with van der Waals surface area (Å²) in [6, 6.07) is -0.793. The van der Waals surface area contributed by atoms with Gasteiger partial charge in [-0.3, -0.25) is 9.36 Å². The molecule has 63 heavy (non-hydrogen) atoms. The first-order valence-electron chi connectivity index (χ1n) is 27.9. The van der Waals surface area contributed by atoms with Crippen LogP contribution in [0.1, 0.15) is 290 Å². The minimum absolute atomic E-state index is 0.0163. The van der Waals surface area contributed by atoms with Crippen LogP contribution in [0.15, 0.2) is 0 Å². The maximum atomic E-state index is 12.9. The standard InChI is InChI=1S/C54H111N2O6P/c1-6-8-10-12-14-16-18-19-20-21-22-23-24-25-26-27-28-29-30-31-32-33-34-35-36-38-39-41-43-45-47-53(57)52(51-62-63(59,60)61-50-49-56(3,4)5)55-54(58)48-46-44-42-40-37-17-15-13-11-9-7-2/h52-53,57H,6-51H2,1-5H3,(H-,55,58,59,60). The normalized spacial score (nSPS) is 14.0. The maximum Gasteiger partial charge on any atom is 0.268 e. The number of hydrogen-bond donors (Lipinski definition) is 2. The minimum Gasteiger partial charge on any atom is -0.756 e. The molecule has 0 aromatic carbocycles. The van der Waals surface area contributed by atoms with Crippen LogP contribution >= 0.6 is 7.82 Å². The first-order chi connectivity index (χ1) is 30.5. The first kappa shape index (κ1) is 62.5. The van der Waals surface area contributed by atoms with Gasteiger partial charge in [-0.15, -0.1) is 0 Å². The number of phosphoric acid groups is 1. The number of carbonyl (C=O) groups excluding carboxylic acids is 1. The van der Waals surface area contributed by atoms with Crippen molar-refractivity contribution in [2.45, 2.75) is 302 Å². The fourth-order valence-corrected chi connectivity index (χ4v) is 9.41. The van der Waals surface area contributed by atoms with Gasteiger partial charge in [0, 0.05) is 6.42 Å². The second-order valence-electron chi connectivity index (χ2n) is 20.7. The highest BCUT2D eigenvalue weighted by Crippen LogP contribution is 2.38. The Morgan fingerprint density at radius 1 is 0.492 bits per heavy atom. The number of phosphoric ester groups is 1. The quantitative estimate of drug-likeness (QED) is 0.0357. The number of aliphatic hydroxyl groups excluding tert-OH is 1. The van der Waals surface area contributed by atoms with Gasteiger partial charge in [-0.2, -0.15) is 0 Å².